The maximum Gasteiger partial charge on any atom is 0.0626 e. The van der Waals surface area contributed by atoms with Crippen LogP contribution in [0.15, 0.2) is 0 Å². The summed E-state index contributed by atoms with van der Waals surface area (Å²) in [6, 6.07) is 0. The van der Waals surface area contributed by atoms with E-state index in [1.54, 1.807) is 0 Å². The summed E-state index contributed by atoms with van der Waals surface area (Å²) in [5.74, 6) is 0.534. The molecule has 4 heteroatoms. The Morgan fingerprint density at radius 1 is 1.24 bits per heavy atom. The fourth-order valence-electron chi connectivity index (χ4n) is 2.31. The summed E-state index contributed by atoms with van der Waals surface area (Å²) in [7, 11) is 4.18. The predicted octanol–water partition coefficient (Wildman–Crippen LogP) is 0.360. The molecule has 17 heavy (non-hydrogen) atoms. The second kappa shape index (κ2) is 6.69. The van der Waals surface area contributed by atoms with E-state index in [2.05, 4.69) is 30.8 Å². The van der Waals surface area contributed by atoms with E-state index < -0.39 is 0 Å². The van der Waals surface area contributed by atoms with Crippen LogP contribution in [0.3, 0.4) is 0 Å². The number of aliphatic hydroxyl groups is 1. The molecule has 0 heterocycles. The second-order valence-corrected chi connectivity index (χ2v) is 5.74. The first kappa shape index (κ1) is 14.9. The zero-order valence-electron chi connectivity index (χ0n) is 11.7. The molecule has 1 fully saturated rings. The van der Waals surface area contributed by atoms with Crippen LogP contribution >= 0.6 is 0 Å². The van der Waals surface area contributed by atoms with E-state index in [-0.39, 0.29) is 12.1 Å². The van der Waals surface area contributed by atoms with Crippen LogP contribution in [0.1, 0.15) is 26.2 Å². The number of nitrogens with two attached hydrogens (primary N) is 1. The van der Waals surface area contributed by atoms with Gasteiger partial charge < -0.3 is 20.6 Å². The van der Waals surface area contributed by atoms with Crippen molar-refractivity contribution in [2.75, 3.05) is 46.9 Å². The van der Waals surface area contributed by atoms with Gasteiger partial charge in [0.05, 0.1) is 12.1 Å². The molecule has 1 unspecified atom stereocenters. The normalized spacial score (nSPS) is 19.9. The first-order chi connectivity index (χ1) is 8.01. The molecule has 1 atom stereocenters. The molecule has 0 spiro atoms. The van der Waals surface area contributed by atoms with E-state index in [4.69, 9.17) is 5.73 Å². The maximum atomic E-state index is 9.53. The molecule has 0 aromatic heterocycles. The Morgan fingerprint density at radius 2 is 1.88 bits per heavy atom. The molecule has 1 saturated carbocycles. The van der Waals surface area contributed by atoms with Gasteiger partial charge in [0.25, 0.3) is 0 Å². The quantitative estimate of drug-likeness (QED) is 0.614. The van der Waals surface area contributed by atoms with E-state index in [0.29, 0.717) is 5.92 Å². The van der Waals surface area contributed by atoms with E-state index in [1.165, 1.54) is 12.8 Å². The molecular formula is C13H29N3O. The van der Waals surface area contributed by atoms with Crippen molar-refractivity contribution >= 4 is 0 Å². The van der Waals surface area contributed by atoms with Gasteiger partial charge in [-0.2, -0.15) is 0 Å². The van der Waals surface area contributed by atoms with E-state index in [0.717, 1.165) is 32.6 Å². The van der Waals surface area contributed by atoms with Crippen LogP contribution in [-0.4, -0.2) is 67.3 Å². The van der Waals surface area contributed by atoms with Crippen LogP contribution in [0.5, 0.6) is 0 Å². The topological polar surface area (TPSA) is 52.7 Å². The summed E-state index contributed by atoms with van der Waals surface area (Å²) < 4.78 is 0. The third kappa shape index (κ3) is 4.92. The van der Waals surface area contributed by atoms with Gasteiger partial charge in [-0.1, -0.05) is 6.92 Å². The van der Waals surface area contributed by atoms with Crippen molar-refractivity contribution in [2.24, 2.45) is 11.7 Å². The molecular weight excluding hydrogens is 214 g/mol. The predicted molar refractivity (Wildman–Crippen MR) is 72.0 cm³/mol. The lowest BCUT2D eigenvalue weighted by atomic mass is 9.94. The number of nitrogens with zero attached hydrogens (tertiary/aromatic N) is 2. The lowest BCUT2D eigenvalue weighted by Gasteiger charge is -2.34. The Morgan fingerprint density at radius 3 is 2.29 bits per heavy atom. The summed E-state index contributed by atoms with van der Waals surface area (Å²) >= 11 is 0. The van der Waals surface area contributed by atoms with Crippen LogP contribution in [0.4, 0.5) is 0 Å². The molecule has 4 nitrogen and oxygen atoms in total. The minimum atomic E-state index is -0.374. The smallest absolute Gasteiger partial charge is 0.0626 e. The molecule has 1 aliphatic carbocycles. The van der Waals surface area contributed by atoms with Gasteiger partial charge in [-0.3, -0.25) is 0 Å². The average Bonchev–Trinajstić information content (AvgIpc) is 3.10. The maximum absolute atomic E-state index is 9.53. The summed E-state index contributed by atoms with van der Waals surface area (Å²) in [5, 5.41) is 9.53. The highest BCUT2D eigenvalue weighted by Crippen LogP contribution is 2.38. The molecule has 3 N–H and O–H groups in total. The Hall–Kier alpha value is -0.160. The van der Waals surface area contributed by atoms with Crippen molar-refractivity contribution in [2.45, 2.75) is 31.7 Å². The highest BCUT2D eigenvalue weighted by atomic mass is 16.3. The molecule has 0 aromatic rings. The summed E-state index contributed by atoms with van der Waals surface area (Å²) in [6.07, 6.45) is 3.51. The molecule has 0 bridgehead atoms. The molecule has 0 aromatic carbocycles. The van der Waals surface area contributed by atoms with Crippen molar-refractivity contribution in [3.63, 3.8) is 0 Å². The Labute approximate surface area is 106 Å². The molecule has 1 aliphatic rings. The first-order valence-corrected chi connectivity index (χ1v) is 6.78. The van der Waals surface area contributed by atoms with Crippen molar-refractivity contribution in [3.8, 4) is 0 Å². The Kier molecular flexibility index (Phi) is 5.86. The van der Waals surface area contributed by atoms with Crippen molar-refractivity contribution in [3.05, 3.63) is 0 Å². The minimum absolute atomic E-state index is 0.111. The average molecular weight is 243 g/mol. The fraction of sp³-hybridized carbons (Fsp3) is 1.00. The molecule has 1 rings (SSSR count). The standard InChI is InChI=1S/C13H29N3O/c1-4-7-16(9-8-15(2)3)10-13(14,11-17)12-5-6-12/h12,17H,4-11,14H2,1-3H3. The zero-order valence-corrected chi connectivity index (χ0v) is 11.7. The lowest BCUT2D eigenvalue weighted by Crippen LogP contribution is -2.55. The van der Waals surface area contributed by atoms with Gasteiger partial charge in [0.2, 0.25) is 0 Å². The third-order valence-corrected chi connectivity index (χ3v) is 3.61. The molecule has 0 amide bonds. The number of aliphatic hydroxyl groups excluding tert-OH is 1. The van der Waals surface area contributed by atoms with E-state index >= 15 is 0 Å². The van der Waals surface area contributed by atoms with Crippen LogP contribution in [0, 0.1) is 5.92 Å². The molecule has 0 aliphatic heterocycles. The zero-order chi connectivity index (χ0) is 12.9. The molecule has 102 valence electrons. The van der Waals surface area contributed by atoms with Crippen molar-refractivity contribution in [1.29, 1.82) is 0 Å². The van der Waals surface area contributed by atoms with Gasteiger partial charge in [0, 0.05) is 19.6 Å². The van der Waals surface area contributed by atoms with Crippen LogP contribution in [-0.2, 0) is 0 Å². The van der Waals surface area contributed by atoms with Gasteiger partial charge in [0.1, 0.15) is 0 Å². The van der Waals surface area contributed by atoms with Crippen molar-refractivity contribution < 1.29 is 5.11 Å². The number of hydrogen-bond donors (Lipinski definition) is 2. The Balaban J connectivity index is 2.45. The number of rotatable bonds is 9. The molecule has 0 radical (unpaired) electrons. The lowest BCUT2D eigenvalue weighted by molar-refractivity contribution is 0.116. The van der Waals surface area contributed by atoms with E-state index in [9.17, 15) is 5.11 Å². The third-order valence-electron chi connectivity index (χ3n) is 3.61. The fourth-order valence-corrected chi connectivity index (χ4v) is 2.31. The number of likely N-dealkylation sites (N-methyl/N-ethyl adjacent to an activating group) is 1. The second-order valence-electron chi connectivity index (χ2n) is 5.74. The Bertz CT molecular complexity index is 219. The monoisotopic (exact) mass is 243 g/mol. The highest BCUT2D eigenvalue weighted by Gasteiger charge is 2.42. The largest absolute Gasteiger partial charge is 0.394 e. The first-order valence-electron chi connectivity index (χ1n) is 6.78. The van der Waals surface area contributed by atoms with Gasteiger partial charge in [-0.05, 0) is 45.8 Å². The van der Waals surface area contributed by atoms with Crippen LogP contribution in [0.2, 0.25) is 0 Å². The van der Waals surface area contributed by atoms with Gasteiger partial charge in [-0.25, -0.2) is 0 Å². The van der Waals surface area contributed by atoms with Crippen LogP contribution in [0.25, 0.3) is 0 Å². The number of hydrogen-bond acceptors (Lipinski definition) is 4. The SMILES string of the molecule is CCCN(CCN(C)C)CC(N)(CO)C1CC1. The van der Waals surface area contributed by atoms with E-state index in [1.807, 2.05) is 0 Å². The summed E-state index contributed by atoms with van der Waals surface area (Å²) in [6.45, 7) is 6.28. The van der Waals surface area contributed by atoms with Gasteiger partial charge in [-0.15, -0.1) is 0 Å². The van der Waals surface area contributed by atoms with Gasteiger partial charge >= 0.3 is 0 Å². The molecule has 0 saturated heterocycles. The van der Waals surface area contributed by atoms with Gasteiger partial charge in [0.15, 0.2) is 0 Å². The van der Waals surface area contributed by atoms with Crippen LogP contribution < -0.4 is 5.73 Å². The summed E-state index contributed by atoms with van der Waals surface area (Å²) in [5.41, 5.74) is 5.96. The van der Waals surface area contributed by atoms with Crippen molar-refractivity contribution in [1.82, 2.24) is 9.80 Å². The minimum Gasteiger partial charge on any atom is -0.394 e. The highest BCUT2D eigenvalue weighted by molar-refractivity contribution is 5.00. The summed E-state index contributed by atoms with van der Waals surface area (Å²) in [4.78, 5) is 4.59.